The molecule has 0 aliphatic rings. The number of ether oxygens (including phenoxy) is 1. The fourth-order valence-corrected chi connectivity index (χ4v) is 1.95. The molecule has 1 heterocycles. The van der Waals surface area contributed by atoms with Crippen molar-refractivity contribution in [3.8, 4) is 0 Å². The predicted octanol–water partition coefficient (Wildman–Crippen LogP) is 2.30. The number of nitrogens with one attached hydrogen (secondary N) is 1. The van der Waals surface area contributed by atoms with Crippen LogP contribution in [0.5, 0.6) is 0 Å². The minimum Gasteiger partial charge on any atom is -0.378 e. The number of nitrogens with zero attached hydrogens (tertiary/aromatic N) is 1. The topological polar surface area (TPSA) is 55.0 Å². The van der Waals surface area contributed by atoms with Crippen LogP contribution in [0.15, 0.2) is 29.1 Å². The molecule has 100 valence electrons. The smallest absolute Gasteiger partial charge is 0.251 e. The van der Waals surface area contributed by atoms with Crippen LogP contribution >= 0.6 is 11.6 Å². The van der Waals surface area contributed by atoms with Crippen LogP contribution in [0.4, 0.5) is 4.39 Å². The van der Waals surface area contributed by atoms with Crippen molar-refractivity contribution in [3.63, 3.8) is 0 Å². The van der Waals surface area contributed by atoms with E-state index in [0.29, 0.717) is 28.5 Å². The first-order chi connectivity index (χ1) is 9.08. The van der Waals surface area contributed by atoms with Gasteiger partial charge in [0.15, 0.2) is 0 Å². The van der Waals surface area contributed by atoms with Gasteiger partial charge in [-0.05, 0) is 17.7 Å². The Morgan fingerprint density at radius 2 is 2.21 bits per heavy atom. The minimum atomic E-state index is -0.400. The third-order valence-corrected chi connectivity index (χ3v) is 2.86. The molecule has 0 saturated carbocycles. The fraction of sp³-hybridized carbons (Fsp3) is 0.231. The van der Waals surface area contributed by atoms with Crippen LogP contribution in [-0.4, -0.2) is 17.1 Å². The third-order valence-electron chi connectivity index (χ3n) is 2.51. The second-order valence-corrected chi connectivity index (χ2v) is 4.44. The number of methoxy groups -OCH3 is 1. The van der Waals surface area contributed by atoms with Crippen molar-refractivity contribution in [1.29, 1.82) is 0 Å². The Labute approximate surface area is 114 Å². The van der Waals surface area contributed by atoms with Crippen LogP contribution in [0.1, 0.15) is 17.1 Å². The standard InChI is InChI=1S/C13H12ClFN2O2/c1-19-7-10-6-13(18)17-12(16-10)4-8-2-3-9(15)5-11(8)14/h2-3,5-6H,4,7H2,1H3,(H,16,17,18). The number of aromatic nitrogens is 2. The highest BCUT2D eigenvalue weighted by Gasteiger charge is 2.07. The van der Waals surface area contributed by atoms with E-state index in [2.05, 4.69) is 9.97 Å². The van der Waals surface area contributed by atoms with Crippen molar-refractivity contribution >= 4 is 11.6 Å². The molecule has 0 aliphatic carbocycles. The van der Waals surface area contributed by atoms with E-state index in [4.69, 9.17) is 16.3 Å². The zero-order valence-corrected chi connectivity index (χ0v) is 11.0. The van der Waals surface area contributed by atoms with E-state index in [1.54, 1.807) is 6.07 Å². The van der Waals surface area contributed by atoms with Crippen LogP contribution in [0, 0.1) is 5.82 Å². The van der Waals surface area contributed by atoms with E-state index in [0.717, 1.165) is 0 Å². The lowest BCUT2D eigenvalue weighted by Crippen LogP contribution is -2.13. The second-order valence-electron chi connectivity index (χ2n) is 4.03. The summed E-state index contributed by atoms with van der Waals surface area (Å²) in [7, 11) is 1.53. The molecular weight excluding hydrogens is 271 g/mol. The monoisotopic (exact) mass is 282 g/mol. The second kappa shape index (κ2) is 5.95. The van der Waals surface area contributed by atoms with E-state index < -0.39 is 5.82 Å². The summed E-state index contributed by atoms with van der Waals surface area (Å²) < 4.78 is 17.9. The number of hydrogen-bond donors (Lipinski definition) is 1. The van der Waals surface area contributed by atoms with Crippen LogP contribution < -0.4 is 5.56 Å². The summed E-state index contributed by atoms with van der Waals surface area (Å²) in [6.45, 7) is 0.258. The van der Waals surface area contributed by atoms with Crippen LogP contribution in [0.25, 0.3) is 0 Å². The number of benzene rings is 1. The molecule has 1 N–H and O–H groups in total. The summed E-state index contributed by atoms with van der Waals surface area (Å²) in [5.41, 5.74) is 0.982. The summed E-state index contributed by atoms with van der Waals surface area (Å²) in [5, 5.41) is 0.305. The molecule has 4 nitrogen and oxygen atoms in total. The van der Waals surface area contributed by atoms with Gasteiger partial charge in [0.05, 0.1) is 12.3 Å². The van der Waals surface area contributed by atoms with Crippen molar-refractivity contribution in [2.75, 3.05) is 7.11 Å². The largest absolute Gasteiger partial charge is 0.378 e. The van der Waals surface area contributed by atoms with Crippen molar-refractivity contribution in [1.82, 2.24) is 9.97 Å². The zero-order valence-electron chi connectivity index (χ0n) is 10.2. The van der Waals surface area contributed by atoms with Crippen molar-refractivity contribution < 1.29 is 9.13 Å². The SMILES string of the molecule is COCc1cc(=O)[nH]c(Cc2ccc(F)cc2Cl)n1. The summed E-state index contributed by atoms with van der Waals surface area (Å²) >= 11 is 5.94. The Hall–Kier alpha value is -1.72. The number of H-pyrrole nitrogens is 1. The van der Waals surface area contributed by atoms with Gasteiger partial charge in [-0.15, -0.1) is 0 Å². The first-order valence-electron chi connectivity index (χ1n) is 5.60. The van der Waals surface area contributed by atoms with Crippen LogP contribution in [0.3, 0.4) is 0 Å². The molecule has 2 aromatic rings. The van der Waals surface area contributed by atoms with E-state index >= 15 is 0 Å². The van der Waals surface area contributed by atoms with Gasteiger partial charge in [-0.3, -0.25) is 4.79 Å². The maximum atomic E-state index is 12.9. The molecule has 1 aromatic heterocycles. The molecule has 0 atom stereocenters. The lowest BCUT2D eigenvalue weighted by Gasteiger charge is -2.06. The molecule has 0 amide bonds. The summed E-state index contributed by atoms with van der Waals surface area (Å²) in [6.07, 6.45) is 0.325. The molecule has 0 spiro atoms. The third kappa shape index (κ3) is 3.62. The fourth-order valence-electron chi connectivity index (χ4n) is 1.71. The summed E-state index contributed by atoms with van der Waals surface area (Å²) in [6, 6.07) is 5.49. The van der Waals surface area contributed by atoms with Gasteiger partial charge in [-0.25, -0.2) is 9.37 Å². The van der Waals surface area contributed by atoms with Crippen LogP contribution in [-0.2, 0) is 17.8 Å². The number of halogens is 2. The molecule has 2 rings (SSSR count). The van der Waals surface area contributed by atoms with Gasteiger partial charge in [0.1, 0.15) is 11.6 Å². The van der Waals surface area contributed by atoms with Gasteiger partial charge in [-0.2, -0.15) is 0 Å². The first kappa shape index (κ1) is 13.7. The van der Waals surface area contributed by atoms with Gasteiger partial charge in [0.25, 0.3) is 5.56 Å². The van der Waals surface area contributed by atoms with Gasteiger partial charge < -0.3 is 9.72 Å². The normalized spacial score (nSPS) is 10.7. The molecular formula is C13H12ClFN2O2. The summed E-state index contributed by atoms with van der Waals surface area (Å²) in [5.74, 6) is 0.0661. The number of hydrogen-bond acceptors (Lipinski definition) is 3. The summed E-state index contributed by atoms with van der Waals surface area (Å²) in [4.78, 5) is 18.3. The van der Waals surface area contributed by atoms with Gasteiger partial charge in [-0.1, -0.05) is 17.7 Å². The average molecular weight is 283 g/mol. The van der Waals surface area contributed by atoms with Crippen molar-refractivity contribution in [2.24, 2.45) is 0 Å². The molecule has 0 saturated heterocycles. The number of rotatable bonds is 4. The van der Waals surface area contributed by atoms with Gasteiger partial charge >= 0.3 is 0 Å². The zero-order chi connectivity index (χ0) is 13.8. The van der Waals surface area contributed by atoms with Crippen molar-refractivity contribution in [2.45, 2.75) is 13.0 Å². The Bertz CT molecular complexity index is 643. The first-order valence-corrected chi connectivity index (χ1v) is 5.98. The van der Waals surface area contributed by atoms with Crippen molar-refractivity contribution in [3.05, 3.63) is 62.5 Å². The Morgan fingerprint density at radius 1 is 1.42 bits per heavy atom. The van der Waals surface area contributed by atoms with E-state index in [9.17, 15) is 9.18 Å². The molecule has 0 radical (unpaired) electrons. The molecule has 19 heavy (non-hydrogen) atoms. The number of aromatic amines is 1. The van der Waals surface area contributed by atoms with Gasteiger partial charge in [0.2, 0.25) is 0 Å². The molecule has 6 heteroatoms. The van der Waals surface area contributed by atoms with E-state index in [-0.39, 0.29) is 12.2 Å². The highest BCUT2D eigenvalue weighted by molar-refractivity contribution is 6.31. The predicted molar refractivity (Wildman–Crippen MR) is 69.8 cm³/mol. The Morgan fingerprint density at radius 3 is 2.89 bits per heavy atom. The molecule has 1 aromatic carbocycles. The quantitative estimate of drug-likeness (QED) is 0.936. The van der Waals surface area contributed by atoms with E-state index in [1.807, 2.05) is 0 Å². The van der Waals surface area contributed by atoms with E-state index in [1.165, 1.54) is 25.3 Å². The molecule has 0 aliphatic heterocycles. The maximum Gasteiger partial charge on any atom is 0.251 e. The van der Waals surface area contributed by atoms with Crippen LogP contribution in [0.2, 0.25) is 5.02 Å². The molecule has 0 bridgehead atoms. The Balaban J connectivity index is 2.30. The lowest BCUT2D eigenvalue weighted by atomic mass is 10.1. The lowest BCUT2D eigenvalue weighted by molar-refractivity contribution is 0.181. The Kier molecular flexibility index (Phi) is 4.29. The molecule has 0 unspecified atom stereocenters. The minimum absolute atomic E-state index is 0.254. The van der Waals surface area contributed by atoms with Gasteiger partial charge in [0, 0.05) is 24.6 Å². The molecule has 0 fully saturated rings. The maximum absolute atomic E-state index is 12.9. The highest BCUT2D eigenvalue weighted by Crippen LogP contribution is 2.19. The highest BCUT2D eigenvalue weighted by atomic mass is 35.5. The average Bonchev–Trinajstić information content (AvgIpc) is 2.32.